The average molecular weight is 324 g/mol. The molecular weight excluding hydrogens is 310 g/mol. The minimum Gasteiger partial charge on any atom is -0.490 e. The maximum Gasteiger partial charge on any atom is 0.363 e. The lowest BCUT2D eigenvalue weighted by atomic mass is 10.1. The lowest BCUT2D eigenvalue weighted by Crippen LogP contribution is -2.05. The first-order valence-electron chi connectivity index (χ1n) is 6.54. The normalized spacial score (nSPS) is 15.5. The van der Waals surface area contributed by atoms with Crippen LogP contribution in [0, 0.1) is 0 Å². The minimum atomic E-state index is -0.532. The Morgan fingerprint density at radius 3 is 2.73 bits per heavy atom. The highest BCUT2D eigenvalue weighted by Crippen LogP contribution is 2.37. The number of nitrogens with zero attached hydrogens (tertiary/aromatic N) is 1. The number of esters is 2. The fourth-order valence-corrected chi connectivity index (χ4v) is 2.11. The van der Waals surface area contributed by atoms with Gasteiger partial charge >= 0.3 is 11.9 Å². The van der Waals surface area contributed by atoms with Crippen molar-refractivity contribution in [1.82, 2.24) is 0 Å². The quantitative estimate of drug-likeness (QED) is 0.484. The van der Waals surface area contributed by atoms with Gasteiger partial charge in [-0.05, 0) is 30.7 Å². The molecule has 1 aliphatic heterocycles. The summed E-state index contributed by atoms with van der Waals surface area (Å²) in [7, 11) is 0. The van der Waals surface area contributed by atoms with E-state index in [2.05, 4.69) is 4.99 Å². The average Bonchev–Trinajstić information content (AvgIpc) is 2.72. The van der Waals surface area contributed by atoms with Crippen LogP contribution in [0.2, 0.25) is 5.02 Å². The van der Waals surface area contributed by atoms with Gasteiger partial charge in [0.25, 0.3) is 0 Å². The Kier molecular flexibility index (Phi) is 4.82. The van der Waals surface area contributed by atoms with E-state index in [1.165, 1.54) is 13.0 Å². The van der Waals surface area contributed by atoms with Crippen LogP contribution in [0.15, 0.2) is 22.8 Å². The second kappa shape index (κ2) is 6.62. The van der Waals surface area contributed by atoms with Gasteiger partial charge in [0.05, 0.1) is 11.6 Å². The number of aliphatic imine (C=N–C) groups is 1. The van der Waals surface area contributed by atoms with Gasteiger partial charge in [-0.15, -0.1) is 0 Å². The Balaban J connectivity index is 2.44. The predicted octanol–water partition coefficient (Wildman–Crippen LogP) is 2.98. The summed E-state index contributed by atoms with van der Waals surface area (Å²) in [6, 6.07) is 3.16. The second-order valence-electron chi connectivity index (χ2n) is 4.41. The van der Waals surface area contributed by atoms with E-state index < -0.39 is 11.9 Å². The maximum atomic E-state index is 11.6. The van der Waals surface area contributed by atoms with E-state index in [0.717, 1.165) is 0 Å². The van der Waals surface area contributed by atoms with Crippen LogP contribution in [0.1, 0.15) is 26.3 Å². The number of cyclic esters (lactones) is 1. The molecule has 0 amide bonds. The van der Waals surface area contributed by atoms with E-state index in [4.69, 9.17) is 25.8 Å². The Hall–Kier alpha value is -2.34. The molecule has 1 aliphatic rings. The van der Waals surface area contributed by atoms with Gasteiger partial charge < -0.3 is 14.2 Å². The molecule has 0 aromatic heterocycles. The van der Waals surface area contributed by atoms with Gasteiger partial charge in [0.2, 0.25) is 0 Å². The molecule has 116 valence electrons. The zero-order chi connectivity index (χ0) is 16.3. The Morgan fingerprint density at radius 2 is 2.18 bits per heavy atom. The molecule has 6 nitrogen and oxygen atoms in total. The molecular formula is C15H14ClNO5. The summed E-state index contributed by atoms with van der Waals surface area (Å²) in [5, 5.41) is 0.195. The van der Waals surface area contributed by atoms with Crippen LogP contribution in [0.25, 0.3) is 6.08 Å². The van der Waals surface area contributed by atoms with Crippen LogP contribution < -0.4 is 9.47 Å². The molecule has 22 heavy (non-hydrogen) atoms. The number of ether oxygens (including phenoxy) is 3. The Morgan fingerprint density at radius 1 is 1.45 bits per heavy atom. The number of carbonyl (C=O) groups is 2. The molecule has 0 N–H and O–H groups in total. The van der Waals surface area contributed by atoms with Crippen molar-refractivity contribution in [2.75, 3.05) is 6.61 Å². The summed E-state index contributed by atoms with van der Waals surface area (Å²) in [6.45, 7) is 5.01. The van der Waals surface area contributed by atoms with Crippen molar-refractivity contribution in [3.8, 4) is 11.5 Å². The molecule has 0 atom stereocenters. The molecule has 0 aliphatic carbocycles. The zero-order valence-corrected chi connectivity index (χ0v) is 13.1. The highest BCUT2D eigenvalue weighted by molar-refractivity contribution is 6.32. The predicted molar refractivity (Wildman–Crippen MR) is 81.1 cm³/mol. The first-order valence-corrected chi connectivity index (χ1v) is 6.92. The van der Waals surface area contributed by atoms with Gasteiger partial charge in [-0.3, -0.25) is 4.79 Å². The number of hydrogen-bond acceptors (Lipinski definition) is 6. The van der Waals surface area contributed by atoms with E-state index in [-0.39, 0.29) is 22.4 Å². The number of halogens is 1. The number of carbonyl (C=O) groups excluding carboxylic acids is 2. The summed E-state index contributed by atoms with van der Waals surface area (Å²) in [5.41, 5.74) is 0.742. The molecule has 7 heteroatoms. The fourth-order valence-electron chi connectivity index (χ4n) is 1.85. The Labute approximate surface area is 132 Å². The van der Waals surface area contributed by atoms with Crippen LogP contribution in [-0.4, -0.2) is 24.4 Å². The van der Waals surface area contributed by atoms with Crippen molar-refractivity contribution in [2.45, 2.75) is 20.8 Å². The third kappa shape index (κ3) is 3.65. The molecule has 2 rings (SSSR count). The van der Waals surface area contributed by atoms with Crippen molar-refractivity contribution < 1.29 is 23.8 Å². The summed E-state index contributed by atoms with van der Waals surface area (Å²) >= 11 is 6.13. The van der Waals surface area contributed by atoms with Crippen LogP contribution >= 0.6 is 11.6 Å². The van der Waals surface area contributed by atoms with E-state index in [9.17, 15) is 9.59 Å². The van der Waals surface area contributed by atoms with E-state index >= 15 is 0 Å². The zero-order valence-electron chi connectivity index (χ0n) is 12.3. The third-order valence-electron chi connectivity index (χ3n) is 2.61. The van der Waals surface area contributed by atoms with Gasteiger partial charge in [0.1, 0.15) is 0 Å². The van der Waals surface area contributed by atoms with E-state index in [1.807, 2.05) is 0 Å². The van der Waals surface area contributed by atoms with Gasteiger partial charge in [-0.2, -0.15) is 0 Å². The van der Waals surface area contributed by atoms with Gasteiger partial charge in [-0.25, -0.2) is 9.79 Å². The minimum absolute atomic E-state index is 0.145. The number of rotatable bonds is 4. The number of benzene rings is 1. The van der Waals surface area contributed by atoms with Crippen molar-refractivity contribution in [1.29, 1.82) is 0 Å². The summed E-state index contributed by atoms with van der Waals surface area (Å²) in [5.74, 6) is -0.302. The van der Waals surface area contributed by atoms with Crippen LogP contribution in [0.3, 0.4) is 0 Å². The smallest absolute Gasteiger partial charge is 0.363 e. The highest BCUT2D eigenvalue weighted by Gasteiger charge is 2.20. The maximum absolute atomic E-state index is 11.6. The largest absolute Gasteiger partial charge is 0.490 e. The first kappa shape index (κ1) is 16.0. The summed E-state index contributed by atoms with van der Waals surface area (Å²) in [4.78, 5) is 26.7. The van der Waals surface area contributed by atoms with Crippen LogP contribution in [-0.2, 0) is 14.3 Å². The van der Waals surface area contributed by atoms with Crippen molar-refractivity contribution in [3.63, 3.8) is 0 Å². The third-order valence-corrected chi connectivity index (χ3v) is 2.89. The molecule has 0 fully saturated rings. The Bertz CT molecular complexity index is 693. The lowest BCUT2D eigenvalue weighted by molar-refractivity contribution is -0.132. The summed E-state index contributed by atoms with van der Waals surface area (Å²) < 4.78 is 15.3. The molecule has 1 heterocycles. The molecule has 0 unspecified atom stereocenters. The van der Waals surface area contributed by atoms with Gasteiger partial charge in [-0.1, -0.05) is 11.6 Å². The van der Waals surface area contributed by atoms with Gasteiger partial charge in [0, 0.05) is 13.8 Å². The SMILES string of the molecule is CCOc1cc(/C=C2/N=C(C)OC2=O)cc(Cl)c1OC(C)=O. The molecule has 0 radical (unpaired) electrons. The monoisotopic (exact) mass is 323 g/mol. The molecule has 0 saturated heterocycles. The van der Waals surface area contributed by atoms with Crippen molar-refractivity contribution >= 4 is 35.5 Å². The topological polar surface area (TPSA) is 74.2 Å². The van der Waals surface area contributed by atoms with Gasteiger partial charge in [0.15, 0.2) is 23.1 Å². The first-order chi connectivity index (χ1) is 10.4. The molecule has 0 saturated carbocycles. The summed E-state index contributed by atoms with van der Waals surface area (Å²) in [6.07, 6.45) is 1.52. The highest BCUT2D eigenvalue weighted by atomic mass is 35.5. The van der Waals surface area contributed by atoms with E-state index in [1.54, 1.807) is 26.0 Å². The van der Waals surface area contributed by atoms with E-state index in [0.29, 0.717) is 17.9 Å². The number of hydrogen-bond donors (Lipinski definition) is 0. The van der Waals surface area contributed by atoms with Crippen molar-refractivity contribution in [2.24, 2.45) is 4.99 Å². The lowest BCUT2D eigenvalue weighted by Gasteiger charge is -2.12. The molecule has 0 bridgehead atoms. The standard InChI is InChI=1S/C15H14ClNO5/c1-4-20-13-7-10(5-11(16)14(13)22-9(3)18)6-12-15(19)21-8(2)17-12/h5-7H,4H2,1-3H3/b12-6+. The van der Waals surface area contributed by atoms with Crippen LogP contribution in [0.5, 0.6) is 11.5 Å². The fraction of sp³-hybridized carbons (Fsp3) is 0.267. The molecule has 1 aromatic rings. The molecule has 0 spiro atoms. The molecule has 1 aromatic carbocycles. The van der Waals surface area contributed by atoms with Crippen LogP contribution in [0.4, 0.5) is 0 Å². The van der Waals surface area contributed by atoms with Crippen molar-refractivity contribution in [3.05, 3.63) is 28.4 Å². The second-order valence-corrected chi connectivity index (χ2v) is 4.81.